The Morgan fingerprint density at radius 3 is 2.30 bits per heavy atom. The molecule has 0 unspecified atom stereocenters. The molecule has 9 nitrogen and oxygen atoms in total. The Bertz CT molecular complexity index is 1040. The highest BCUT2D eigenvalue weighted by Gasteiger charge is 2.32. The van der Waals surface area contributed by atoms with Crippen molar-refractivity contribution in [3.63, 3.8) is 0 Å². The molecule has 0 radical (unpaired) electrons. The number of piperazine rings is 1. The Morgan fingerprint density at radius 1 is 0.946 bits per heavy atom. The van der Waals surface area contributed by atoms with Gasteiger partial charge in [-0.15, -0.1) is 10.2 Å². The van der Waals surface area contributed by atoms with Crippen molar-refractivity contribution in [3.05, 3.63) is 42.0 Å². The summed E-state index contributed by atoms with van der Waals surface area (Å²) in [5.41, 5.74) is 3.12. The van der Waals surface area contributed by atoms with Crippen LogP contribution in [0.3, 0.4) is 0 Å². The average Bonchev–Trinajstić information content (AvgIpc) is 2.91. The lowest BCUT2D eigenvalue weighted by atomic mass is 9.84. The van der Waals surface area contributed by atoms with Crippen molar-refractivity contribution in [2.45, 2.75) is 26.2 Å². The van der Waals surface area contributed by atoms with Crippen LogP contribution in [0.4, 0.5) is 5.82 Å². The normalized spacial score (nSPS) is 18.9. The van der Waals surface area contributed by atoms with E-state index in [9.17, 15) is 9.59 Å². The number of ether oxygens (including phenoxy) is 1. The van der Waals surface area contributed by atoms with Gasteiger partial charge in [0, 0.05) is 63.8 Å². The van der Waals surface area contributed by atoms with Crippen molar-refractivity contribution >= 4 is 17.6 Å². The molecule has 1 aromatic heterocycles. The van der Waals surface area contributed by atoms with Gasteiger partial charge in [0.05, 0.1) is 25.5 Å². The fourth-order valence-corrected chi connectivity index (χ4v) is 5.09. The third kappa shape index (κ3) is 6.45. The van der Waals surface area contributed by atoms with Gasteiger partial charge in [0.25, 0.3) is 0 Å². The Morgan fingerprint density at radius 2 is 1.68 bits per heavy atom. The van der Waals surface area contributed by atoms with Gasteiger partial charge in [0.1, 0.15) is 0 Å². The number of nitrogens with zero attached hydrogens (tertiary/aromatic N) is 6. The molecule has 1 aliphatic carbocycles. The van der Waals surface area contributed by atoms with E-state index in [1.54, 1.807) is 0 Å². The van der Waals surface area contributed by atoms with Crippen LogP contribution in [0.5, 0.6) is 0 Å². The molecule has 0 atom stereocenters. The monoisotopic (exact) mass is 506 g/mol. The second kappa shape index (κ2) is 12.0. The molecule has 2 aliphatic heterocycles. The molecule has 3 heterocycles. The van der Waals surface area contributed by atoms with E-state index in [-0.39, 0.29) is 24.3 Å². The third-order valence-electron chi connectivity index (χ3n) is 7.84. The molecule has 0 N–H and O–H groups in total. The third-order valence-corrected chi connectivity index (χ3v) is 7.84. The van der Waals surface area contributed by atoms with Crippen LogP contribution in [-0.2, 0) is 14.3 Å². The lowest BCUT2D eigenvalue weighted by Gasteiger charge is -2.38. The molecule has 0 bridgehead atoms. The van der Waals surface area contributed by atoms with E-state index in [0.717, 1.165) is 69.2 Å². The van der Waals surface area contributed by atoms with Gasteiger partial charge in [0.2, 0.25) is 11.8 Å². The molecule has 3 aliphatic rings. The predicted molar refractivity (Wildman–Crippen MR) is 142 cm³/mol. The zero-order valence-electron chi connectivity index (χ0n) is 21.8. The van der Waals surface area contributed by atoms with Crippen LogP contribution in [0.1, 0.15) is 24.8 Å². The van der Waals surface area contributed by atoms with Crippen molar-refractivity contribution in [1.29, 1.82) is 0 Å². The molecule has 9 heteroatoms. The van der Waals surface area contributed by atoms with E-state index in [2.05, 4.69) is 51.2 Å². The molecule has 5 rings (SSSR count). The van der Waals surface area contributed by atoms with Crippen LogP contribution in [0, 0.1) is 12.8 Å². The van der Waals surface area contributed by atoms with Gasteiger partial charge < -0.3 is 19.4 Å². The summed E-state index contributed by atoms with van der Waals surface area (Å²) in [6.45, 7) is 9.52. The van der Waals surface area contributed by atoms with E-state index < -0.39 is 0 Å². The molecule has 2 amide bonds. The molecule has 3 fully saturated rings. The zero-order chi connectivity index (χ0) is 25.6. The number of carbonyl (C=O) groups is 2. The second-order valence-corrected chi connectivity index (χ2v) is 10.4. The number of rotatable bonds is 8. The number of aryl methyl sites for hydroxylation is 1. The molecular weight excluding hydrogens is 468 g/mol. The van der Waals surface area contributed by atoms with E-state index in [1.165, 1.54) is 5.56 Å². The first kappa shape index (κ1) is 25.6. The van der Waals surface area contributed by atoms with Crippen molar-refractivity contribution in [2.24, 2.45) is 5.92 Å². The molecule has 1 aromatic carbocycles. The van der Waals surface area contributed by atoms with E-state index in [4.69, 9.17) is 4.74 Å². The standard InChI is InChI=1S/C28H38N6O3/c1-22-5-7-23(8-6-22)25-9-10-26(30-29-25)32-13-15-33(16-14-32)27(35)21-34(28(36)24-3-2-4-24)12-11-31-17-19-37-20-18-31/h5-10,24H,2-4,11-21H2,1H3. The number of carbonyl (C=O) groups excluding carboxylic acids is 2. The molecular formula is C28H38N6O3. The van der Waals surface area contributed by atoms with E-state index >= 15 is 0 Å². The van der Waals surface area contributed by atoms with Crippen LogP contribution in [-0.4, -0.2) is 109 Å². The SMILES string of the molecule is Cc1ccc(-c2ccc(N3CCN(C(=O)CN(CCN4CCOCC4)C(=O)C4CCC4)CC3)nn2)cc1. The average molecular weight is 507 g/mol. The zero-order valence-corrected chi connectivity index (χ0v) is 21.8. The smallest absolute Gasteiger partial charge is 0.242 e. The maximum Gasteiger partial charge on any atom is 0.242 e. The number of benzene rings is 1. The van der Waals surface area contributed by atoms with Crippen molar-refractivity contribution in [1.82, 2.24) is 24.9 Å². The summed E-state index contributed by atoms with van der Waals surface area (Å²) < 4.78 is 5.44. The summed E-state index contributed by atoms with van der Waals surface area (Å²) in [4.78, 5) is 34.5. The summed E-state index contributed by atoms with van der Waals surface area (Å²) in [6, 6.07) is 12.3. The number of hydrogen-bond donors (Lipinski definition) is 0. The van der Waals surface area contributed by atoms with Gasteiger partial charge in [-0.25, -0.2) is 0 Å². The highest BCUT2D eigenvalue weighted by molar-refractivity contribution is 5.86. The Labute approximate surface area is 219 Å². The van der Waals surface area contributed by atoms with Crippen LogP contribution in [0.2, 0.25) is 0 Å². The van der Waals surface area contributed by atoms with E-state index in [0.29, 0.717) is 32.7 Å². The molecule has 2 saturated heterocycles. The Kier molecular flexibility index (Phi) is 8.31. The maximum atomic E-state index is 13.2. The first-order chi connectivity index (χ1) is 18.1. The lowest BCUT2D eigenvalue weighted by molar-refractivity contribution is -0.145. The number of aromatic nitrogens is 2. The van der Waals surface area contributed by atoms with Crippen LogP contribution < -0.4 is 4.90 Å². The second-order valence-electron chi connectivity index (χ2n) is 10.4. The molecule has 198 valence electrons. The topological polar surface area (TPSA) is 82.1 Å². The van der Waals surface area contributed by atoms with Gasteiger partial charge >= 0.3 is 0 Å². The molecule has 0 spiro atoms. The number of amides is 2. The summed E-state index contributed by atoms with van der Waals surface area (Å²) in [7, 11) is 0. The van der Waals surface area contributed by atoms with Crippen molar-refractivity contribution < 1.29 is 14.3 Å². The highest BCUT2D eigenvalue weighted by atomic mass is 16.5. The first-order valence-electron chi connectivity index (χ1n) is 13.6. The fraction of sp³-hybridized carbons (Fsp3) is 0.571. The number of morpholine rings is 1. The maximum absolute atomic E-state index is 13.2. The minimum atomic E-state index is 0.0371. The molecule has 1 saturated carbocycles. The predicted octanol–water partition coefficient (Wildman–Crippen LogP) is 2.06. The number of hydrogen-bond acceptors (Lipinski definition) is 7. The summed E-state index contributed by atoms with van der Waals surface area (Å²) in [5.74, 6) is 1.11. The Balaban J connectivity index is 1.13. The quantitative estimate of drug-likeness (QED) is 0.542. The van der Waals surface area contributed by atoms with Gasteiger partial charge in [0.15, 0.2) is 5.82 Å². The summed E-state index contributed by atoms with van der Waals surface area (Å²) in [5, 5.41) is 8.88. The minimum absolute atomic E-state index is 0.0371. The van der Waals surface area contributed by atoms with Crippen molar-refractivity contribution in [2.75, 3.05) is 77.0 Å². The van der Waals surface area contributed by atoms with Gasteiger partial charge in [-0.2, -0.15) is 0 Å². The minimum Gasteiger partial charge on any atom is -0.379 e. The fourth-order valence-electron chi connectivity index (χ4n) is 5.09. The molecule has 37 heavy (non-hydrogen) atoms. The van der Waals surface area contributed by atoms with Gasteiger partial charge in [-0.3, -0.25) is 14.5 Å². The number of anilines is 1. The highest BCUT2D eigenvalue weighted by Crippen LogP contribution is 2.28. The summed E-state index contributed by atoms with van der Waals surface area (Å²) >= 11 is 0. The molecule has 2 aromatic rings. The van der Waals surface area contributed by atoms with E-state index in [1.807, 2.05) is 21.9 Å². The van der Waals surface area contributed by atoms with Gasteiger partial charge in [-0.1, -0.05) is 36.2 Å². The first-order valence-corrected chi connectivity index (χ1v) is 13.6. The Hall–Kier alpha value is -3.04. The van der Waals surface area contributed by atoms with Crippen LogP contribution >= 0.6 is 0 Å². The van der Waals surface area contributed by atoms with Crippen molar-refractivity contribution in [3.8, 4) is 11.3 Å². The van der Waals surface area contributed by atoms with Crippen LogP contribution in [0.25, 0.3) is 11.3 Å². The summed E-state index contributed by atoms with van der Waals surface area (Å²) in [6.07, 6.45) is 3.01. The largest absolute Gasteiger partial charge is 0.379 e. The van der Waals surface area contributed by atoms with Gasteiger partial charge in [-0.05, 0) is 31.9 Å². The van der Waals surface area contributed by atoms with Crippen LogP contribution in [0.15, 0.2) is 36.4 Å². The lowest BCUT2D eigenvalue weighted by Crippen LogP contribution is -2.53.